The van der Waals surface area contributed by atoms with E-state index in [0.29, 0.717) is 43.5 Å². The van der Waals surface area contributed by atoms with E-state index in [1.807, 2.05) is 48.5 Å². The Morgan fingerprint density at radius 2 is 1.55 bits per heavy atom. The summed E-state index contributed by atoms with van der Waals surface area (Å²) in [7, 11) is 0. The topological polar surface area (TPSA) is 29.5 Å². The second kappa shape index (κ2) is 8.31. The first-order valence-corrected chi connectivity index (χ1v) is 10.4. The molecule has 154 valence electrons. The Morgan fingerprint density at radius 3 is 2.14 bits per heavy atom. The van der Waals surface area contributed by atoms with Crippen LogP contribution in [0.3, 0.4) is 0 Å². The zero-order chi connectivity index (χ0) is 20.4. The molecule has 2 fully saturated rings. The summed E-state index contributed by atoms with van der Waals surface area (Å²) in [5.41, 5.74) is 2.18. The number of ether oxygens (including phenoxy) is 1. The fourth-order valence-electron chi connectivity index (χ4n) is 4.00. The summed E-state index contributed by atoms with van der Waals surface area (Å²) in [5, 5.41) is 0.711. The first-order chi connectivity index (χ1) is 13.9. The number of amides is 1. The van der Waals surface area contributed by atoms with E-state index >= 15 is 0 Å². The number of rotatable bonds is 5. The minimum absolute atomic E-state index is 0.0315. The third-order valence-corrected chi connectivity index (χ3v) is 6.10. The summed E-state index contributed by atoms with van der Waals surface area (Å²) in [6, 6.07) is 15.6. The highest BCUT2D eigenvalue weighted by Crippen LogP contribution is 2.37. The number of carbonyl (C=O) groups is 1. The van der Waals surface area contributed by atoms with E-state index < -0.39 is 5.92 Å². The van der Waals surface area contributed by atoms with Crippen LogP contribution in [0.25, 0.3) is 11.1 Å². The summed E-state index contributed by atoms with van der Waals surface area (Å²) < 4.78 is 32.4. The van der Waals surface area contributed by atoms with Gasteiger partial charge in [-0.05, 0) is 48.2 Å². The number of carbonyl (C=O) groups excluding carboxylic acids is 1. The molecular formula is C23H24ClF2NO2. The first kappa shape index (κ1) is 20.1. The van der Waals surface area contributed by atoms with Crippen molar-refractivity contribution in [3.8, 4) is 16.9 Å². The fraction of sp³-hybridized carbons (Fsp3) is 0.435. The molecule has 1 aliphatic carbocycles. The maximum atomic E-state index is 13.3. The lowest BCUT2D eigenvalue weighted by molar-refractivity contribution is -0.146. The number of halogens is 3. The SMILES string of the molecule is O=C(C1CCC(F)(F)CC1)N1CC(COc2ccc(-c3ccc(Cl)cc3)cc2)C1. The van der Waals surface area contributed by atoms with Gasteiger partial charge in [-0.1, -0.05) is 35.9 Å². The van der Waals surface area contributed by atoms with Crippen LogP contribution in [0.1, 0.15) is 25.7 Å². The van der Waals surface area contributed by atoms with Crippen molar-refractivity contribution in [1.82, 2.24) is 4.90 Å². The van der Waals surface area contributed by atoms with Gasteiger partial charge in [0.05, 0.1) is 6.61 Å². The van der Waals surface area contributed by atoms with Crippen molar-refractivity contribution in [1.29, 1.82) is 0 Å². The number of likely N-dealkylation sites (tertiary alicyclic amines) is 1. The van der Waals surface area contributed by atoms with Gasteiger partial charge in [0, 0.05) is 42.8 Å². The van der Waals surface area contributed by atoms with Crippen molar-refractivity contribution < 1.29 is 18.3 Å². The lowest BCUT2D eigenvalue weighted by Gasteiger charge is -2.42. The van der Waals surface area contributed by atoms with E-state index in [1.54, 1.807) is 4.90 Å². The molecule has 6 heteroatoms. The highest BCUT2D eigenvalue weighted by molar-refractivity contribution is 6.30. The van der Waals surface area contributed by atoms with E-state index in [1.165, 1.54) is 0 Å². The van der Waals surface area contributed by atoms with Crippen LogP contribution < -0.4 is 4.74 Å². The molecule has 2 aliphatic rings. The van der Waals surface area contributed by atoms with Crippen LogP contribution in [0.15, 0.2) is 48.5 Å². The molecule has 29 heavy (non-hydrogen) atoms. The zero-order valence-corrected chi connectivity index (χ0v) is 16.9. The highest BCUT2D eigenvalue weighted by atomic mass is 35.5. The third-order valence-electron chi connectivity index (χ3n) is 5.85. The second-order valence-electron chi connectivity index (χ2n) is 8.08. The molecule has 1 amide bonds. The van der Waals surface area contributed by atoms with Gasteiger partial charge in [0.2, 0.25) is 11.8 Å². The summed E-state index contributed by atoms with van der Waals surface area (Å²) in [6.45, 7) is 1.84. The Hall–Kier alpha value is -2.14. The molecule has 0 bridgehead atoms. The number of hydrogen-bond acceptors (Lipinski definition) is 2. The maximum Gasteiger partial charge on any atom is 0.248 e. The quantitative estimate of drug-likeness (QED) is 0.624. The summed E-state index contributed by atoms with van der Waals surface area (Å²) in [4.78, 5) is 14.2. The van der Waals surface area contributed by atoms with Crippen LogP contribution in [0.2, 0.25) is 5.02 Å². The van der Waals surface area contributed by atoms with E-state index in [-0.39, 0.29) is 24.7 Å². The molecule has 3 nitrogen and oxygen atoms in total. The van der Waals surface area contributed by atoms with Gasteiger partial charge in [0.15, 0.2) is 0 Å². The molecule has 1 saturated carbocycles. The van der Waals surface area contributed by atoms with Crippen molar-refractivity contribution >= 4 is 17.5 Å². The Labute approximate surface area is 174 Å². The van der Waals surface area contributed by atoms with Crippen LogP contribution in [0.5, 0.6) is 5.75 Å². The Morgan fingerprint density at radius 1 is 1.00 bits per heavy atom. The molecular weight excluding hydrogens is 396 g/mol. The number of benzene rings is 2. The fourth-order valence-corrected chi connectivity index (χ4v) is 4.13. The van der Waals surface area contributed by atoms with Crippen molar-refractivity contribution in [2.45, 2.75) is 31.6 Å². The normalized spacial score (nSPS) is 19.6. The predicted octanol–water partition coefficient (Wildman–Crippen LogP) is 5.67. The van der Waals surface area contributed by atoms with E-state index in [9.17, 15) is 13.6 Å². The van der Waals surface area contributed by atoms with E-state index in [2.05, 4.69) is 0 Å². The van der Waals surface area contributed by atoms with Gasteiger partial charge >= 0.3 is 0 Å². The van der Waals surface area contributed by atoms with Gasteiger partial charge in [-0.2, -0.15) is 0 Å². The molecule has 0 unspecified atom stereocenters. The van der Waals surface area contributed by atoms with Gasteiger partial charge in [0.1, 0.15) is 5.75 Å². The summed E-state index contributed by atoms with van der Waals surface area (Å²) in [5.74, 6) is -1.71. The number of nitrogens with zero attached hydrogens (tertiary/aromatic N) is 1. The minimum atomic E-state index is -2.59. The Balaban J connectivity index is 1.21. The molecule has 0 N–H and O–H groups in total. The second-order valence-corrected chi connectivity index (χ2v) is 8.52. The smallest absolute Gasteiger partial charge is 0.248 e. The monoisotopic (exact) mass is 419 g/mol. The van der Waals surface area contributed by atoms with Crippen LogP contribution in [0.4, 0.5) is 8.78 Å². The average molecular weight is 420 g/mol. The molecule has 4 rings (SSSR count). The molecule has 0 aromatic heterocycles. The third kappa shape index (κ3) is 4.89. The van der Waals surface area contributed by atoms with Crippen LogP contribution in [-0.2, 0) is 4.79 Å². The molecule has 1 heterocycles. The lowest BCUT2D eigenvalue weighted by Crippen LogP contribution is -2.54. The summed E-state index contributed by atoms with van der Waals surface area (Å²) in [6.07, 6.45) is 0.249. The van der Waals surface area contributed by atoms with Crippen molar-refractivity contribution in [3.63, 3.8) is 0 Å². The minimum Gasteiger partial charge on any atom is -0.493 e. The molecule has 0 atom stereocenters. The number of hydrogen-bond donors (Lipinski definition) is 0. The molecule has 1 saturated heterocycles. The number of alkyl halides is 2. The van der Waals surface area contributed by atoms with Gasteiger partial charge in [-0.15, -0.1) is 0 Å². The van der Waals surface area contributed by atoms with Gasteiger partial charge in [-0.3, -0.25) is 4.79 Å². The molecule has 0 spiro atoms. The molecule has 0 radical (unpaired) electrons. The maximum absolute atomic E-state index is 13.3. The molecule has 2 aromatic rings. The van der Waals surface area contributed by atoms with Crippen molar-refractivity contribution in [2.75, 3.05) is 19.7 Å². The molecule has 1 aliphatic heterocycles. The highest BCUT2D eigenvalue weighted by Gasteiger charge is 2.41. The summed E-state index contributed by atoms with van der Waals surface area (Å²) >= 11 is 5.92. The van der Waals surface area contributed by atoms with Gasteiger partial charge in [-0.25, -0.2) is 8.78 Å². The van der Waals surface area contributed by atoms with Gasteiger partial charge < -0.3 is 9.64 Å². The van der Waals surface area contributed by atoms with Crippen LogP contribution in [0, 0.1) is 11.8 Å². The lowest BCUT2D eigenvalue weighted by atomic mass is 9.84. The average Bonchev–Trinajstić information content (AvgIpc) is 2.68. The predicted molar refractivity (Wildman–Crippen MR) is 109 cm³/mol. The van der Waals surface area contributed by atoms with Crippen LogP contribution in [-0.4, -0.2) is 36.4 Å². The first-order valence-electron chi connectivity index (χ1n) is 10.0. The van der Waals surface area contributed by atoms with E-state index in [0.717, 1.165) is 16.9 Å². The van der Waals surface area contributed by atoms with Crippen molar-refractivity contribution in [3.05, 3.63) is 53.6 Å². The van der Waals surface area contributed by atoms with E-state index in [4.69, 9.17) is 16.3 Å². The van der Waals surface area contributed by atoms with Crippen molar-refractivity contribution in [2.24, 2.45) is 11.8 Å². The standard InChI is InChI=1S/C23H24ClF2NO2/c24-20-5-1-17(2-6-20)18-3-7-21(8-4-18)29-15-16-13-27(14-16)22(28)19-9-11-23(25,26)12-10-19/h1-8,16,19H,9-15H2. The zero-order valence-electron chi connectivity index (χ0n) is 16.1. The van der Waals surface area contributed by atoms with Crippen LogP contribution >= 0.6 is 11.6 Å². The van der Waals surface area contributed by atoms with Gasteiger partial charge in [0.25, 0.3) is 0 Å². The Bertz CT molecular complexity index is 838. The largest absolute Gasteiger partial charge is 0.493 e. The molecule has 2 aromatic carbocycles. The Kier molecular flexibility index (Phi) is 5.77.